The number of fused-ring (bicyclic) bond motifs is 1. The Hall–Kier alpha value is -1.32. The summed E-state index contributed by atoms with van der Waals surface area (Å²) >= 11 is 5.00. The molecule has 104 valence electrons. The van der Waals surface area contributed by atoms with E-state index < -0.39 is 21.7 Å². The predicted octanol–water partition coefficient (Wildman–Crippen LogP) is 1.53. The van der Waals surface area contributed by atoms with Crippen LogP contribution in [0, 0.1) is 16.4 Å². The summed E-state index contributed by atoms with van der Waals surface area (Å²) in [7, 11) is -3.32. The summed E-state index contributed by atoms with van der Waals surface area (Å²) in [5.74, 6) is -1.46. The highest BCUT2D eigenvalue weighted by Crippen LogP contribution is 2.19. The molecule has 0 spiro atoms. The zero-order valence-electron chi connectivity index (χ0n) is 9.91. The fourth-order valence-electron chi connectivity index (χ4n) is 1.75. The lowest BCUT2D eigenvalue weighted by atomic mass is 10.3. The van der Waals surface area contributed by atoms with E-state index in [1.54, 1.807) is 0 Å². The topological polar surface area (TPSA) is 66.9 Å². The minimum atomic E-state index is -3.32. The van der Waals surface area contributed by atoms with Crippen LogP contribution in [-0.2, 0) is 16.6 Å². The maximum Gasteiger partial charge on any atom is 0.208 e. The van der Waals surface area contributed by atoms with E-state index in [0.29, 0.717) is 0 Å². The largest absolute Gasteiger partial charge is 0.328 e. The highest BCUT2D eigenvalue weighted by Gasteiger charge is 2.11. The van der Waals surface area contributed by atoms with Gasteiger partial charge in [0.05, 0.1) is 11.8 Å². The number of hydrogen-bond donors (Lipinski definition) is 2. The normalized spacial score (nSPS) is 12.2. The average Bonchev–Trinajstić information content (AvgIpc) is 2.55. The SMILES string of the molecule is CS(=O)(=O)NCCn1c(=S)[nH]c2c(F)cc(F)cc21. The van der Waals surface area contributed by atoms with Gasteiger partial charge in [-0.15, -0.1) is 0 Å². The third-order valence-electron chi connectivity index (χ3n) is 2.50. The van der Waals surface area contributed by atoms with Crippen molar-refractivity contribution in [2.45, 2.75) is 6.54 Å². The summed E-state index contributed by atoms with van der Waals surface area (Å²) in [4.78, 5) is 2.63. The van der Waals surface area contributed by atoms with Crippen molar-refractivity contribution in [3.05, 3.63) is 28.5 Å². The number of rotatable bonds is 4. The fourth-order valence-corrected chi connectivity index (χ4v) is 2.50. The van der Waals surface area contributed by atoms with Crippen molar-refractivity contribution in [3.63, 3.8) is 0 Å². The second kappa shape index (κ2) is 4.99. The van der Waals surface area contributed by atoms with Crippen LogP contribution in [0.15, 0.2) is 12.1 Å². The van der Waals surface area contributed by atoms with Crippen LogP contribution in [0.1, 0.15) is 0 Å². The molecule has 2 rings (SSSR count). The van der Waals surface area contributed by atoms with Crippen molar-refractivity contribution in [3.8, 4) is 0 Å². The zero-order valence-corrected chi connectivity index (χ0v) is 11.5. The zero-order chi connectivity index (χ0) is 14.2. The van der Waals surface area contributed by atoms with E-state index in [9.17, 15) is 17.2 Å². The van der Waals surface area contributed by atoms with E-state index in [2.05, 4.69) is 9.71 Å². The molecule has 1 aromatic heterocycles. The van der Waals surface area contributed by atoms with Crippen LogP contribution < -0.4 is 4.72 Å². The van der Waals surface area contributed by atoms with Crippen LogP contribution in [0.2, 0.25) is 0 Å². The first kappa shape index (κ1) is 14.1. The third kappa shape index (κ3) is 3.17. The summed E-state index contributed by atoms with van der Waals surface area (Å²) in [6.07, 6.45) is 1.03. The Morgan fingerprint density at radius 3 is 2.74 bits per heavy atom. The van der Waals surface area contributed by atoms with Crippen molar-refractivity contribution in [2.24, 2.45) is 0 Å². The summed E-state index contributed by atoms with van der Waals surface area (Å²) in [5.41, 5.74) is 0.364. The maximum atomic E-state index is 13.5. The highest BCUT2D eigenvalue weighted by atomic mass is 32.2. The Morgan fingerprint density at radius 1 is 1.42 bits per heavy atom. The van der Waals surface area contributed by atoms with Crippen molar-refractivity contribution < 1.29 is 17.2 Å². The van der Waals surface area contributed by atoms with E-state index in [1.165, 1.54) is 4.57 Å². The second-order valence-electron chi connectivity index (χ2n) is 4.03. The van der Waals surface area contributed by atoms with E-state index in [4.69, 9.17) is 12.2 Å². The molecule has 1 heterocycles. The molecule has 2 N–H and O–H groups in total. The molecule has 1 aromatic carbocycles. The first-order valence-electron chi connectivity index (χ1n) is 5.30. The maximum absolute atomic E-state index is 13.5. The van der Waals surface area contributed by atoms with Gasteiger partial charge in [-0.1, -0.05) is 0 Å². The number of H-pyrrole nitrogens is 1. The quantitative estimate of drug-likeness (QED) is 0.842. The molecule has 0 aliphatic heterocycles. The van der Waals surface area contributed by atoms with Crippen LogP contribution in [0.25, 0.3) is 11.0 Å². The predicted molar refractivity (Wildman–Crippen MR) is 69.9 cm³/mol. The summed E-state index contributed by atoms with van der Waals surface area (Å²) in [5, 5.41) is 0. The van der Waals surface area contributed by atoms with Crippen LogP contribution in [0.4, 0.5) is 8.78 Å². The van der Waals surface area contributed by atoms with Gasteiger partial charge in [-0.05, 0) is 18.3 Å². The second-order valence-corrected chi connectivity index (χ2v) is 6.25. The number of benzene rings is 1. The van der Waals surface area contributed by atoms with Crippen LogP contribution >= 0.6 is 12.2 Å². The number of imidazole rings is 1. The van der Waals surface area contributed by atoms with Gasteiger partial charge in [-0.25, -0.2) is 21.9 Å². The molecule has 0 amide bonds. The lowest BCUT2D eigenvalue weighted by molar-refractivity contribution is 0.577. The lowest BCUT2D eigenvalue weighted by Gasteiger charge is -2.05. The molecular formula is C10H11F2N3O2S2. The van der Waals surface area contributed by atoms with E-state index >= 15 is 0 Å². The molecule has 0 aliphatic carbocycles. The van der Waals surface area contributed by atoms with Gasteiger partial charge in [-0.2, -0.15) is 0 Å². The average molecular weight is 307 g/mol. The Kier molecular flexibility index (Phi) is 3.70. The van der Waals surface area contributed by atoms with Crippen molar-refractivity contribution in [1.29, 1.82) is 0 Å². The van der Waals surface area contributed by atoms with Gasteiger partial charge in [0, 0.05) is 19.2 Å². The molecule has 2 aromatic rings. The van der Waals surface area contributed by atoms with Crippen molar-refractivity contribution in [2.75, 3.05) is 12.8 Å². The number of aromatic amines is 1. The van der Waals surface area contributed by atoms with Gasteiger partial charge in [0.25, 0.3) is 0 Å². The first-order valence-corrected chi connectivity index (χ1v) is 7.60. The van der Waals surface area contributed by atoms with Crippen LogP contribution in [-0.4, -0.2) is 30.8 Å². The molecule has 0 saturated heterocycles. The van der Waals surface area contributed by atoms with Gasteiger partial charge in [0.15, 0.2) is 10.6 Å². The van der Waals surface area contributed by atoms with E-state index in [1.807, 2.05) is 0 Å². The molecule has 0 fully saturated rings. The van der Waals surface area contributed by atoms with E-state index in [-0.39, 0.29) is 28.9 Å². The number of halogens is 2. The molecule has 0 unspecified atom stereocenters. The smallest absolute Gasteiger partial charge is 0.208 e. The molecule has 0 radical (unpaired) electrons. The first-order chi connectivity index (χ1) is 8.78. The molecule has 0 bridgehead atoms. The molecule has 9 heteroatoms. The number of nitrogens with zero attached hydrogens (tertiary/aromatic N) is 1. The summed E-state index contributed by atoms with van der Waals surface area (Å²) < 4.78 is 52.5. The number of sulfonamides is 1. The van der Waals surface area contributed by atoms with Crippen molar-refractivity contribution >= 4 is 33.3 Å². The van der Waals surface area contributed by atoms with Gasteiger partial charge in [-0.3, -0.25) is 0 Å². The highest BCUT2D eigenvalue weighted by molar-refractivity contribution is 7.88. The molecule has 0 saturated carbocycles. The monoisotopic (exact) mass is 307 g/mol. The van der Waals surface area contributed by atoms with Crippen LogP contribution in [0.3, 0.4) is 0 Å². The number of nitrogens with one attached hydrogen (secondary N) is 2. The van der Waals surface area contributed by atoms with Gasteiger partial charge < -0.3 is 9.55 Å². The van der Waals surface area contributed by atoms with Crippen molar-refractivity contribution in [1.82, 2.24) is 14.3 Å². The molecule has 5 nitrogen and oxygen atoms in total. The van der Waals surface area contributed by atoms with Gasteiger partial charge >= 0.3 is 0 Å². The van der Waals surface area contributed by atoms with Gasteiger partial charge in [0.1, 0.15) is 11.3 Å². The minimum absolute atomic E-state index is 0.0816. The van der Waals surface area contributed by atoms with Gasteiger partial charge in [0.2, 0.25) is 10.0 Å². The molecule has 0 aliphatic rings. The minimum Gasteiger partial charge on any atom is -0.328 e. The number of aromatic nitrogens is 2. The molecule has 19 heavy (non-hydrogen) atoms. The Morgan fingerprint density at radius 2 is 2.11 bits per heavy atom. The molecule has 0 atom stereocenters. The standard InChI is InChI=1S/C10H11F2N3O2S2/c1-19(16,17)13-2-3-15-8-5-6(11)4-7(12)9(8)14-10(15)18/h4-5,13H,2-3H2,1H3,(H,14,18). The summed E-state index contributed by atoms with van der Waals surface area (Å²) in [6, 6.07) is 1.90. The molecular weight excluding hydrogens is 296 g/mol. The Bertz CT molecular complexity index is 780. The third-order valence-corrected chi connectivity index (χ3v) is 3.55. The number of hydrogen-bond acceptors (Lipinski definition) is 3. The fraction of sp³-hybridized carbons (Fsp3) is 0.300. The van der Waals surface area contributed by atoms with E-state index in [0.717, 1.165) is 18.4 Å². The Balaban J connectivity index is 2.38. The van der Waals surface area contributed by atoms with Crippen LogP contribution in [0.5, 0.6) is 0 Å². The lowest BCUT2D eigenvalue weighted by Crippen LogP contribution is -2.26. The Labute approximate surface area is 113 Å². The summed E-state index contributed by atoms with van der Waals surface area (Å²) in [6.45, 7) is 0.257.